The van der Waals surface area contributed by atoms with E-state index in [1.165, 1.54) is 18.2 Å². The molecule has 17 heavy (non-hydrogen) atoms. The quantitative estimate of drug-likeness (QED) is 0.448. The Morgan fingerprint density at radius 2 is 2.29 bits per heavy atom. The number of nitro benzene ring substituents is 1. The molecule has 0 saturated heterocycles. The van der Waals surface area contributed by atoms with E-state index in [1.807, 2.05) is 0 Å². The van der Waals surface area contributed by atoms with Crippen molar-refractivity contribution in [1.82, 2.24) is 0 Å². The molecule has 7 heteroatoms. The molecule has 1 aromatic carbocycles. The first-order valence-electron chi connectivity index (χ1n) is 4.91. The molecule has 0 aliphatic carbocycles. The van der Waals surface area contributed by atoms with Gasteiger partial charge in [0.15, 0.2) is 5.75 Å². The van der Waals surface area contributed by atoms with E-state index >= 15 is 0 Å². The number of rotatable bonds is 3. The first-order valence-corrected chi connectivity index (χ1v) is 4.91. The average molecular weight is 239 g/mol. The second-order valence-corrected chi connectivity index (χ2v) is 3.18. The summed E-state index contributed by atoms with van der Waals surface area (Å²) in [5, 5.41) is 10.7. The highest BCUT2D eigenvalue weighted by atomic mass is 16.7. The second-order valence-electron chi connectivity index (χ2n) is 3.18. The highest BCUT2D eigenvalue weighted by Gasteiger charge is 2.36. The number of carbonyl (C=O) groups is 1. The van der Waals surface area contributed by atoms with Crippen LogP contribution in [0, 0.1) is 10.1 Å². The van der Waals surface area contributed by atoms with Gasteiger partial charge in [-0.15, -0.1) is 0 Å². The predicted octanol–water partition coefficient (Wildman–Crippen LogP) is 1.26. The number of hydrogen-bond acceptors (Lipinski definition) is 6. The van der Waals surface area contributed by atoms with Gasteiger partial charge in [-0.2, -0.15) is 0 Å². The molecule has 0 bridgehead atoms. The summed E-state index contributed by atoms with van der Waals surface area (Å²) in [5.74, 6) is -0.592. The Morgan fingerprint density at radius 1 is 1.53 bits per heavy atom. The van der Waals surface area contributed by atoms with Crippen molar-refractivity contribution in [1.29, 1.82) is 0 Å². The van der Waals surface area contributed by atoms with Crippen LogP contribution in [0.3, 0.4) is 0 Å². The topological polar surface area (TPSA) is 87.9 Å². The van der Waals surface area contributed by atoms with Crippen LogP contribution in [0.15, 0.2) is 18.2 Å². The smallest absolute Gasteiger partial charge is 0.389 e. The number of nitrogens with zero attached hydrogens (tertiary/aromatic N) is 1. The van der Waals surface area contributed by atoms with Crippen LogP contribution < -0.4 is 9.47 Å². The second kappa shape index (κ2) is 4.28. The molecule has 7 nitrogen and oxygen atoms in total. The summed E-state index contributed by atoms with van der Waals surface area (Å²) >= 11 is 0. The standard InChI is InChI=1S/C10H9NO6/c1-2-15-9(12)10-16-7-5-3-4-6(11(13)14)8(7)17-10/h3-5,10H,2H2,1H3. The molecule has 1 aliphatic rings. The number of carbonyl (C=O) groups excluding carboxylic acids is 1. The monoisotopic (exact) mass is 239 g/mol. The van der Waals surface area contributed by atoms with Crippen molar-refractivity contribution in [2.75, 3.05) is 6.61 Å². The first kappa shape index (κ1) is 11.2. The highest BCUT2D eigenvalue weighted by molar-refractivity contribution is 5.76. The summed E-state index contributed by atoms with van der Waals surface area (Å²) in [6.07, 6.45) is -1.27. The van der Waals surface area contributed by atoms with E-state index in [2.05, 4.69) is 0 Å². The van der Waals surface area contributed by atoms with Crippen LogP contribution in [0.2, 0.25) is 0 Å². The molecule has 1 heterocycles. The third-order valence-electron chi connectivity index (χ3n) is 2.09. The summed E-state index contributed by atoms with van der Waals surface area (Å²) in [4.78, 5) is 21.5. The van der Waals surface area contributed by atoms with E-state index in [9.17, 15) is 14.9 Å². The number of fused-ring (bicyclic) bond motifs is 1. The number of para-hydroxylation sites is 1. The van der Waals surface area contributed by atoms with Gasteiger partial charge in [-0.25, -0.2) is 4.79 Å². The maximum absolute atomic E-state index is 11.4. The highest BCUT2D eigenvalue weighted by Crippen LogP contribution is 2.42. The van der Waals surface area contributed by atoms with Gasteiger partial charge in [0.2, 0.25) is 5.75 Å². The molecular formula is C10H9NO6. The van der Waals surface area contributed by atoms with Gasteiger partial charge < -0.3 is 14.2 Å². The minimum absolute atomic E-state index is 0.0458. The normalized spacial score (nSPS) is 16.6. The summed E-state index contributed by atoms with van der Waals surface area (Å²) in [6, 6.07) is 4.21. The van der Waals surface area contributed by atoms with Crippen molar-refractivity contribution in [3.05, 3.63) is 28.3 Å². The van der Waals surface area contributed by atoms with E-state index in [0.29, 0.717) is 0 Å². The number of nitro groups is 1. The molecule has 0 N–H and O–H groups in total. The zero-order chi connectivity index (χ0) is 12.4. The maximum atomic E-state index is 11.4. The third-order valence-corrected chi connectivity index (χ3v) is 2.09. The van der Waals surface area contributed by atoms with Gasteiger partial charge in [-0.1, -0.05) is 6.07 Å². The fourth-order valence-electron chi connectivity index (χ4n) is 1.41. The van der Waals surface area contributed by atoms with Crippen LogP contribution in [0.4, 0.5) is 5.69 Å². The summed E-state index contributed by atoms with van der Waals surface area (Å²) in [6.45, 7) is 1.82. The van der Waals surface area contributed by atoms with Crippen molar-refractivity contribution in [3.8, 4) is 11.5 Å². The zero-order valence-electron chi connectivity index (χ0n) is 8.91. The number of ether oxygens (including phenoxy) is 3. The lowest BCUT2D eigenvalue weighted by Gasteiger charge is -2.07. The van der Waals surface area contributed by atoms with Gasteiger partial charge >= 0.3 is 17.9 Å². The number of esters is 1. The van der Waals surface area contributed by atoms with E-state index in [1.54, 1.807) is 6.92 Å². The van der Waals surface area contributed by atoms with E-state index in [-0.39, 0.29) is 23.8 Å². The van der Waals surface area contributed by atoms with E-state index in [4.69, 9.17) is 14.2 Å². The van der Waals surface area contributed by atoms with Gasteiger partial charge in [0.25, 0.3) is 0 Å². The molecule has 2 rings (SSSR count). The zero-order valence-corrected chi connectivity index (χ0v) is 8.91. The Hall–Kier alpha value is -2.31. The van der Waals surface area contributed by atoms with Crippen molar-refractivity contribution < 1.29 is 23.9 Å². The van der Waals surface area contributed by atoms with Gasteiger partial charge in [0.05, 0.1) is 11.5 Å². The van der Waals surface area contributed by atoms with Crippen molar-refractivity contribution >= 4 is 11.7 Å². The molecule has 0 radical (unpaired) electrons. The molecule has 1 aromatic rings. The molecule has 0 spiro atoms. The molecule has 1 atom stereocenters. The van der Waals surface area contributed by atoms with Crippen molar-refractivity contribution in [2.45, 2.75) is 13.2 Å². The summed E-state index contributed by atoms with van der Waals surface area (Å²) in [5.41, 5.74) is -0.241. The lowest BCUT2D eigenvalue weighted by Crippen LogP contribution is -2.31. The van der Waals surface area contributed by atoms with Crippen LogP contribution in [-0.2, 0) is 9.53 Å². The summed E-state index contributed by atoms with van der Waals surface area (Å²) in [7, 11) is 0. The minimum Gasteiger partial charge on any atom is -0.460 e. The van der Waals surface area contributed by atoms with Crippen molar-refractivity contribution in [3.63, 3.8) is 0 Å². The van der Waals surface area contributed by atoms with Crippen LogP contribution in [-0.4, -0.2) is 23.8 Å². The Balaban J connectivity index is 2.24. The lowest BCUT2D eigenvalue weighted by atomic mass is 10.3. The third kappa shape index (κ3) is 1.99. The van der Waals surface area contributed by atoms with Crippen LogP contribution in [0.25, 0.3) is 0 Å². The Kier molecular flexibility index (Phi) is 2.82. The molecule has 1 aliphatic heterocycles. The molecule has 0 amide bonds. The van der Waals surface area contributed by atoms with E-state index < -0.39 is 17.2 Å². The molecular weight excluding hydrogens is 230 g/mol. The Morgan fingerprint density at radius 3 is 2.94 bits per heavy atom. The van der Waals surface area contributed by atoms with Gasteiger partial charge in [0, 0.05) is 6.07 Å². The Bertz CT molecular complexity index is 472. The lowest BCUT2D eigenvalue weighted by molar-refractivity contribution is -0.385. The van der Waals surface area contributed by atoms with Crippen LogP contribution in [0.1, 0.15) is 6.92 Å². The molecule has 0 saturated carbocycles. The average Bonchev–Trinajstić information content (AvgIpc) is 2.72. The predicted molar refractivity (Wildman–Crippen MR) is 54.8 cm³/mol. The maximum Gasteiger partial charge on any atom is 0.389 e. The molecule has 0 fully saturated rings. The van der Waals surface area contributed by atoms with Gasteiger partial charge in [0.1, 0.15) is 0 Å². The largest absolute Gasteiger partial charge is 0.460 e. The van der Waals surface area contributed by atoms with Crippen LogP contribution >= 0.6 is 0 Å². The van der Waals surface area contributed by atoms with Crippen LogP contribution in [0.5, 0.6) is 11.5 Å². The SMILES string of the molecule is CCOC(=O)C1Oc2cccc([N+](=O)[O-])c2O1. The number of hydrogen-bond donors (Lipinski definition) is 0. The number of benzene rings is 1. The fourth-order valence-corrected chi connectivity index (χ4v) is 1.41. The van der Waals surface area contributed by atoms with E-state index in [0.717, 1.165) is 0 Å². The fraction of sp³-hybridized carbons (Fsp3) is 0.300. The van der Waals surface area contributed by atoms with Crippen molar-refractivity contribution in [2.24, 2.45) is 0 Å². The van der Waals surface area contributed by atoms with Gasteiger partial charge in [-0.3, -0.25) is 10.1 Å². The molecule has 1 unspecified atom stereocenters. The summed E-state index contributed by atoms with van der Waals surface area (Å²) < 4.78 is 14.9. The molecule has 0 aromatic heterocycles. The molecule has 90 valence electrons. The van der Waals surface area contributed by atoms with Gasteiger partial charge in [-0.05, 0) is 13.0 Å². The first-order chi connectivity index (χ1) is 8.13. The minimum atomic E-state index is -1.27. The Labute approximate surface area is 96.0 Å².